The summed E-state index contributed by atoms with van der Waals surface area (Å²) in [4.78, 5) is 4.93. The fourth-order valence-electron chi connectivity index (χ4n) is 0.603. The van der Waals surface area contributed by atoms with Crippen LogP contribution in [0.15, 0.2) is 6.20 Å². The van der Waals surface area contributed by atoms with Gasteiger partial charge in [0.05, 0.1) is 0 Å². The molecule has 0 N–H and O–H groups in total. The molecule has 0 aliphatic rings. The maximum absolute atomic E-state index is 11.9. The van der Waals surface area contributed by atoms with Gasteiger partial charge in [0.2, 0.25) is 5.82 Å². The van der Waals surface area contributed by atoms with Crippen molar-refractivity contribution in [3.8, 4) is 0 Å². The van der Waals surface area contributed by atoms with Crippen molar-refractivity contribution < 1.29 is 26.3 Å². The van der Waals surface area contributed by atoms with Crippen LogP contribution in [0.1, 0.15) is 11.5 Å². The second kappa shape index (κ2) is 3.10. The van der Waals surface area contributed by atoms with Crippen LogP contribution in [0.25, 0.3) is 0 Å². The van der Waals surface area contributed by atoms with E-state index < -0.39 is 23.9 Å². The Hall–Kier alpha value is -1.34. The molecule has 0 aliphatic carbocycles. The summed E-state index contributed by atoms with van der Waals surface area (Å²) in [7, 11) is 0. The second-order valence-electron chi connectivity index (χ2n) is 2.18. The maximum atomic E-state index is 11.9. The first-order valence-corrected chi connectivity index (χ1v) is 3.10. The van der Waals surface area contributed by atoms with E-state index in [1.165, 1.54) is 6.07 Å². The number of halogens is 6. The summed E-state index contributed by atoms with van der Waals surface area (Å²) < 4.78 is 71.2. The first kappa shape index (κ1) is 10.7. The number of rotatable bonds is 0. The fraction of sp³-hybridized carbons (Fsp3) is 0.333. The molecule has 1 aromatic rings. The summed E-state index contributed by atoms with van der Waals surface area (Å²) in [5.41, 5.74) is -1.74. The first-order valence-electron chi connectivity index (χ1n) is 3.10. The minimum atomic E-state index is -4.99. The van der Waals surface area contributed by atoms with Crippen molar-refractivity contribution in [2.45, 2.75) is 12.4 Å². The van der Waals surface area contributed by atoms with Crippen LogP contribution in [0.5, 0.6) is 0 Å². The van der Waals surface area contributed by atoms with Gasteiger partial charge in [0.1, 0.15) is 0 Å². The van der Waals surface area contributed by atoms with Crippen LogP contribution in [0.4, 0.5) is 26.3 Å². The Balaban J connectivity index is 3.15. The Morgan fingerprint density at radius 1 is 1.00 bits per heavy atom. The lowest BCUT2D eigenvalue weighted by Gasteiger charge is -2.07. The van der Waals surface area contributed by atoms with Gasteiger partial charge in [0.15, 0.2) is 5.69 Å². The van der Waals surface area contributed by atoms with Crippen LogP contribution in [0, 0.1) is 6.07 Å². The molecule has 0 aromatic carbocycles. The van der Waals surface area contributed by atoms with E-state index in [2.05, 4.69) is 9.97 Å². The molecule has 0 saturated heterocycles. The molecule has 0 saturated carbocycles. The first-order chi connectivity index (χ1) is 6.21. The van der Waals surface area contributed by atoms with Gasteiger partial charge < -0.3 is 0 Å². The molecule has 0 bridgehead atoms. The lowest BCUT2D eigenvalue weighted by Crippen LogP contribution is -2.16. The summed E-state index contributed by atoms with van der Waals surface area (Å²) in [6.45, 7) is 0. The second-order valence-corrected chi connectivity index (χ2v) is 2.18. The Morgan fingerprint density at radius 3 is 2.00 bits per heavy atom. The Bertz CT molecular complexity index is 299. The van der Waals surface area contributed by atoms with Crippen LogP contribution in [-0.2, 0) is 12.4 Å². The third-order valence-electron chi connectivity index (χ3n) is 1.13. The molecule has 0 unspecified atom stereocenters. The smallest absolute Gasteiger partial charge is 0.232 e. The van der Waals surface area contributed by atoms with Crippen LogP contribution < -0.4 is 0 Å². The highest BCUT2D eigenvalue weighted by molar-refractivity contribution is 5.05. The number of alkyl halides is 6. The van der Waals surface area contributed by atoms with E-state index in [0.717, 1.165) is 0 Å². The maximum Gasteiger partial charge on any atom is 0.451 e. The SMILES string of the molecule is FC(F)(F)c1[c]cnc(C(F)(F)F)n1. The topological polar surface area (TPSA) is 25.8 Å². The van der Waals surface area contributed by atoms with Crippen molar-refractivity contribution in [3.05, 3.63) is 23.8 Å². The van der Waals surface area contributed by atoms with Gasteiger partial charge in [-0.05, 0) is 0 Å². The van der Waals surface area contributed by atoms with Gasteiger partial charge in [-0.1, -0.05) is 0 Å². The Labute approximate surface area is 73.6 Å². The molecule has 0 atom stereocenters. The summed E-state index contributed by atoms with van der Waals surface area (Å²) in [5, 5.41) is 0. The number of hydrogen-bond donors (Lipinski definition) is 0. The van der Waals surface area contributed by atoms with E-state index in [1.807, 2.05) is 0 Å². The molecule has 0 fully saturated rings. The van der Waals surface area contributed by atoms with Gasteiger partial charge >= 0.3 is 12.4 Å². The molecule has 1 heterocycles. The zero-order valence-corrected chi connectivity index (χ0v) is 6.24. The number of aromatic nitrogens is 2. The number of hydrogen-bond acceptors (Lipinski definition) is 2. The van der Waals surface area contributed by atoms with E-state index in [9.17, 15) is 26.3 Å². The molecule has 2 nitrogen and oxygen atoms in total. The molecule has 0 aliphatic heterocycles. The minimum Gasteiger partial charge on any atom is -0.232 e. The Morgan fingerprint density at radius 2 is 1.57 bits per heavy atom. The van der Waals surface area contributed by atoms with Crippen LogP contribution in [-0.4, -0.2) is 9.97 Å². The van der Waals surface area contributed by atoms with Crippen LogP contribution in [0.2, 0.25) is 0 Å². The molecule has 0 amide bonds. The predicted molar refractivity (Wildman–Crippen MR) is 30.9 cm³/mol. The van der Waals surface area contributed by atoms with E-state index in [4.69, 9.17) is 0 Å². The van der Waals surface area contributed by atoms with Gasteiger partial charge in [-0.2, -0.15) is 26.3 Å². The van der Waals surface area contributed by atoms with Crippen molar-refractivity contribution in [1.82, 2.24) is 9.97 Å². The third-order valence-corrected chi connectivity index (χ3v) is 1.13. The van der Waals surface area contributed by atoms with Crippen molar-refractivity contribution in [2.24, 2.45) is 0 Å². The largest absolute Gasteiger partial charge is 0.451 e. The lowest BCUT2D eigenvalue weighted by atomic mass is 10.4. The molecule has 1 aromatic heterocycles. The monoisotopic (exact) mass is 215 g/mol. The lowest BCUT2D eigenvalue weighted by molar-refractivity contribution is -0.152. The van der Waals surface area contributed by atoms with Gasteiger partial charge in [0.25, 0.3) is 0 Å². The highest BCUT2D eigenvalue weighted by Gasteiger charge is 2.39. The zero-order chi connectivity index (χ0) is 11.0. The molecule has 77 valence electrons. The quantitative estimate of drug-likeness (QED) is 0.620. The van der Waals surface area contributed by atoms with Crippen LogP contribution in [0.3, 0.4) is 0 Å². The summed E-state index contributed by atoms with van der Waals surface area (Å²) >= 11 is 0. The third kappa shape index (κ3) is 2.33. The summed E-state index contributed by atoms with van der Waals surface area (Å²) in [5.74, 6) is -1.83. The minimum absolute atomic E-state index is 0.290. The fourth-order valence-corrected chi connectivity index (χ4v) is 0.603. The van der Waals surface area contributed by atoms with Gasteiger partial charge in [0, 0.05) is 12.3 Å². The molecule has 0 spiro atoms. The predicted octanol–water partition coefficient (Wildman–Crippen LogP) is 2.31. The highest BCUT2D eigenvalue weighted by Crippen LogP contribution is 2.30. The number of nitrogens with zero attached hydrogens (tertiary/aromatic N) is 2. The highest BCUT2D eigenvalue weighted by atomic mass is 19.4. The molecule has 1 radical (unpaired) electrons. The summed E-state index contributed by atoms with van der Waals surface area (Å²) in [6, 6.07) is 1.47. The zero-order valence-electron chi connectivity index (χ0n) is 6.24. The van der Waals surface area contributed by atoms with Crippen LogP contribution >= 0.6 is 0 Å². The van der Waals surface area contributed by atoms with E-state index >= 15 is 0 Å². The average molecular weight is 215 g/mol. The normalized spacial score (nSPS) is 13.0. The van der Waals surface area contributed by atoms with Crippen molar-refractivity contribution in [3.63, 3.8) is 0 Å². The molecule has 8 heteroatoms. The molecule has 14 heavy (non-hydrogen) atoms. The van der Waals surface area contributed by atoms with Crippen molar-refractivity contribution in [2.75, 3.05) is 0 Å². The molecular weight excluding hydrogens is 214 g/mol. The molecular formula is C6HF6N2. The van der Waals surface area contributed by atoms with Crippen molar-refractivity contribution >= 4 is 0 Å². The average Bonchev–Trinajstić information content (AvgIpc) is 2.01. The molecule has 1 rings (SSSR count). The van der Waals surface area contributed by atoms with Gasteiger partial charge in [-0.15, -0.1) is 0 Å². The van der Waals surface area contributed by atoms with E-state index in [0.29, 0.717) is 6.20 Å². The van der Waals surface area contributed by atoms with Gasteiger partial charge in [-0.3, -0.25) is 0 Å². The van der Waals surface area contributed by atoms with E-state index in [-0.39, 0.29) is 0 Å². The standard InChI is InChI=1S/C6HF6N2/c7-5(8,9)3-1-2-13-4(14-3)6(10,11)12/h2H. The van der Waals surface area contributed by atoms with E-state index in [1.54, 1.807) is 0 Å². The van der Waals surface area contributed by atoms with Crippen molar-refractivity contribution in [1.29, 1.82) is 0 Å². The Kier molecular flexibility index (Phi) is 2.38. The van der Waals surface area contributed by atoms with Gasteiger partial charge in [-0.25, -0.2) is 9.97 Å². The summed E-state index contributed by atoms with van der Waals surface area (Å²) in [6.07, 6.45) is -9.66.